The third-order valence-electron chi connectivity index (χ3n) is 3.08. The molecule has 1 radical (unpaired) electrons. The van der Waals surface area contributed by atoms with Crippen molar-refractivity contribution in [2.45, 2.75) is 45.1 Å². The number of aliphatic carboxylic acids is 1. The van der Waals surface area contributed by atoms with Crippen LogP contribution in [0.3, 0.4) is 0 Å². The zero-order valence-electron chi connectivity index (χ0n) is 12.3. The second-order valence-electron chi connectivity index (χ2n) is 5.80. The molecule has 0 saturated heterocycles. The second-order valence-corrected chi connectivity index (χ2v) is 5.80. The van der Waals surface area contributed by atoms with Crippen LogP contribution >= 0.6 is 0 Å². The van der Waals surface area contributed by atoms with Gasteiger partial charge in [0.25, 0.3) is 5.91 Å². The van der Waals surface area contributed by atoms with Crippen LogP contribution < -0.4 is 5.32 Å². The summed E-state index contributed by atoms with van der Waals surface area (Å²) in [5.41, 5.74) is 1.24. The first kappa shape index (κ1) is 16.2. The normalized spacial score (nSPS) is 12.8. The van der Waals surface area contributed by atoms with Gasteiger partial charge in [0.2, 0.25) is 0 Å². The Hall–Kier alpha value is -1.84. The van der Waals surface area contributed by atoms with Gasteiger partial charge in [-0.3, -0.25) is 4.79 Å². The SMILES string of the molecule is [CH2]CCC(NC(=O)c1ccccc1C(C)(C)C)C(=O)O. The van der Waals surface area contributed by atoms with Gasteiger partial charge in [0.15, 0.2) is 0 Å². The van der Waals surface area contributed by atoms with Crippen LogP contribution in [0.15, 0.2) is 24.3 Å². The molecular weight excluding hydrogens is 254 g/mol. The number of benzene rings is 1. The summed E-state index contributed by atoms with van der Waals surface area (Å²) in [7, 11) is 0. The number of carbonyl (C=O) groups excluding carboxylic acids is 1. The third-order valence-corrected chi connectivity index (χ3v) is 3.08. The average Bonchev–Trinajstić information content (AvgIpc) is 2.37. The van der Waals surface area contributed by atoms with E-state index in [2.05, 4.69) is 12.2 Å². The molecule has 4 nitrogen and oxygen atoms in total. The molecule has 0 aliphatic heterocycles. The maximum absolute atomic E-state index is 12.3. The summed E-state index contributed by atoms with van der Waals surface area (Å²) in [4.78, 5) is 23.4. The van der Waals surface area contributed by atoms with Crippen LogP contribution in [-0.4, -0.2) is 23.0 Å². The van der Waals surface area contributed by atoms with E-state index in [0.29, 0.717) is 18.4 Å². The minimum atomic E-state index is -1.03. The Kier molecular flexibility index (Phi) is 5.31. The fraction of sp³-hybridized carbons (Fsp3) is 0.438. The highest BCUT2D eigenvalue weighted by atomic mass is 16.4. The van der Waals surface area contributed by atoms with Gasteiger partial charge in [-0.25, -0.2) is 4.79 Å². The molecule has 109 valence electrons. The van der Waals surface area contributed by atoms with Crippen molar-refractivity contribution in [2.24, 2.45) is 0 Å². The minimum Gasteiger partial charge on any atom is -0.480 e. The summed E-state index contributed by atoms with van der Waals surface area (Å²) < 4.78 is 0. The van der Waals surface area contributed by atoms with E-state index in [1.807, 2.05) is 32.9 Å². The average molecular weight is 276 g/mol. The van der Waals surface area contributed by atoms with Gasteiger partial charge in [-0.1, -0.05) is 52.3 Å². The molecule has 1 aromatic carbocycles. The first-order valence-corrected chi connectivity index (χ1v) is 6.69. The molecule has 20 heavy (non-hydrogen) atoms. The number of rotatable bonds is 5. The standard InChI is InChI=1S/C16H22NO3/c1-5-8-13(15(19)20)17-14(18)11-9-6-7-10-12(11)16(2,3)4/h6-7,9-10,13H,1,5,8H2,2-4H3,(H,17,18)(H,19,20). The van der Waals surface area contributed by atoms with Crippen molar-refractivity contribution in [3.8, 4) is 0 Å². The quantitative estimate of drug-likeness (QED) is 0.869. The summed E-state index contributed by atoms with van der Waals surface area (Å²) in [5, 5.41) is 11.7. The molecule has 0 aliphatic carbocycles. The van der Waals surface area contributed by atoms with Crippen molar-refractivity contribution in [1.82, 2.24) is 5.32 Å². The van der Waals surface area contributed by atoms with Gasteiger partial charge in [0.05, 0.1) is 0 Å². The van der Waals surface area contributed by atoms with E-state index in [1.54, 1.807) is 12.1 Å². The minimum absolute atomic E-state index is 0.182. The van der Waals surface area contributed by atoms with E-state index >= 15 is 0 Å². The number of amides is 1. The predicted molar refractivity (Wildman–Crippen MR) is 78.6 cm³/mol. The molecule has 1 atom stereocenters. The van der Waals surface area contributed by atoms with Gasteiger partial charge >= 0.3 is 5.97 Å². The third kappa shape index (κ3) is 4.08. The second kappa shape index (κ2) is 6.55. The highest BCUT2D eigenvalue weighted by Crippen LogP contribution is 2.25. The summed E-state index contributed by atoms with van der Waals surface area (Å²) in [6, 6.07) is 6.38. The van der Waals surface area contributed by atoms with E-state index in [9.17, 15) is 9.59 Å². The number of hydrogen-bond acceptors (Lipinski definition) is 2. The predicted octanol–water partition coefficient (Wildman–Crippen LogP) is 2.78. The van der Waals surface area contributed by atoms with Gasteiger partial charge in [-0.2, -0.15) is 0 Å². The molecule has 0 spiro atoms. The molecule has 1 rings (SSSR count). The topological polar surface area (TPSA) is 66.4 Å². The number of hydrogen-bond donors (Lipinski definition) is 2. The molecule has 2 N–H and O–H groups in total. The lowest BCUT2D eigenvalue weighted by molar-refractivity contribution is -0.139. The Labute approximate surface area is 120 Å². The smallest absolute Gasteiger partial charge is 0.326 e. The Morgan fingerprint density at radius 3 is 2.40 bits per heavy atom. The lowest BCUT2D eigenvalue weighted by Gasteiger charge is -2.23. The lowest BCUT2D eigenvalue weighted by atomic mass is 9.83. The van der Waals surface area contributed by atoms with E-state index in [-0.39, 0.29) is 11.3 Å². The number of carbonyl (C=O) groups is 2. The highest BCUT2D eigenvalue weighted by molar-refractivity contribution is 5.98. The van der Waals surface area contributed by atoms with Crippen LogP contribution in [0.4, 0.5) is 0 Å². The number of nitrogens with one attached hydrogen (secondary N) is 1. The van der Waals surface area contributed by atoms with Gasteiger partial charge < -0.3 is 10.4 Å². The molecule has 0 bridgehead atoms. The molecule has 1 aromatic rings. The molecule has 0 aromatic heterocycles. The van der Waals surface area contributed by atoms with Crippen LogP contribution in [-0.2, 0) is 10.2 Å². The van der Waals surface area contributed by atoms with Crippen LogP contribution in [0.25, 0.3) is 0 Å². The van der Waals surface area contributed by atoms with Crippen LogP contribution in [0.1, 0.15) is 49.5 Å². The van der Waals surface area contributed by atoms with E-state index in [4.69, 9.17) is 5.11 Å². The van der Waals surface area contributed by atoms with Crippen LogP contribution in [0.2, 0.25) is 0 Å². The lowest BCUT2D eigenvalue weighted by Crippen LogP contribution is -2.41. The Morgan fingerprint density at radius 2 is 1.90 bits per heavy atom. The zero-order valence-corrected chi connectivity index (χ0v) is 12.3. The molecule has 4 heteroatoms. The molecule has 1 amide bonds. The summed E-state index contributed by atoms with van der Waals surface area (Å²) in [6.07, 6.45) is 0.775. The van der Waals surface area contributed by atoms with Gasteiger partial charge in [0.1, 0.15) is 6.04 Å². The maximum Gasteiger partial charge on any atom is 0.326 e. The molecule has 0 saturated carbocycles. The Morgan fingerprint density at radius 1 is 1.30 bits per heavy atom. The van der Waals surface area contributed by atoms with Crippen molar-refractivity contribution in [3.63, 3.8) is 0 Å². The van der Waals surface area contributed by atoms with E-state index in [1.165, 1.54) is 0 Å². The van der Waals surface area contributed by atoms with Crippen molar-refractivity contribution in [1.29, 1.82) is 0 Å². The molecule has 0 aliphatic rings. The molecule has 1 unspecified atom stereocenters. The monoisotopic (exact) mass is 276 g/mol. The first-order chi connectivity index (χ1) is 9.27. The largest absolute Gasteiger partial charge is 0.480 e. The fourth-order valence-corrected chi connectivity index (χ4v) is 2.03. The van der Waals surface area contributed by atoms with E-state index in [0.717, 1.165) is 5.56 Å². The fourth-order valence-electron chi connectivity index (χ4n) is 2.03. The molecule has 0 fully saturated rings. The van der Waals surface area contributed by atoms with Crippen molar-refractivity contribution in [2.75, 3.05) is 0 Å². The van der Waals surface area contributed by atoms with Gasteiger partial charge in [-0.15, -0.1) is 0 Å². The van der Waals surface area contributed by atoms with Crippen molar-refractivity contribution < 1.29 is 14.7 Å². The highest BCUT2D eigenvalue weighted by Gasteiger charge is 2.24. The maximum atomic E-state index is 12.3. The van der Waals surface area contributed by atoms with Gasteiger partial charge in [-0.05, 0) is 23.5 Å². The zero-order chi connectivity index (χ0) is 15.3. The van der Waals surface area contributed by atoms with Crippen molar-refractivity contribution in [3.05, 3.63) is 42.3 Å². The van der Waals surface area contributed by atoms with Crippen LogP contribution in [0, 0.1) is 6.92 Å². The number of carboxylic acids is 1. The summed E-state index contributed by atoms with van der Waals surface area (Å²) in [6.45, 7) is 9.68. The molecule has 0 heterocycles. The Balaban J connectivity index is 3.01. The summed E-state index contributed by atoms with van der Waals surface area (Å²) >= 11 is 0. The van der Waals surface area contributed by atoms with Crippen LogP contribution in [0.5, 0.6) is 0 Å². The molecular formula is C16H22NO3. The number of carboxylic acid groups (broad SMARTS) is 1. The summed E-state index contributed by atoms with van der Waals surface area (Å²) in [5.74, 6) is -1.38. The van der Waals surface area contributed by atoms with E-state index < -0.39 is 12.0 Å². The van der Waals surface area contributed by atoms with Crippen molar-refractivity contribution >= 4 is 11.9 Å². The first-order valence-electron chi connectivity index (χ1n) is 6.69. The van der Waals surface area contributed by atoms with Gasteiger partial charge in [0, 0.05) is 5.56 Å². The Bertz CT molecular complexity index is 489.